The molecule has 2 aromatic heterocycles. The maximum atomic E-state index is 13.9. The van der Waals surface area contributed by atoms with Crippen LogP contribution in [0.25, 0.3) is 33.6 Å². The molecule has 54 heavy (non-hydrogen) atoms. The van der Waals surface area contributed by atoms with E-state index in [1.807, 2.05) is 71.5 Å². The molecule has 3 fully saturated rings. The molecule has 10 nitrogen and oxygen atoms in total. The van der Waals surface area contributed by atoms with E-state index in [1.165, 1.54) is 19.3 Å². The molecule has 2 amide bonds. The van der Waals surface area contributed by atoms with E-state index in [0.717, 1.165) is 109 Å². The maximum absolute atomic E-state index is 13.9. The number of hydrogen-bond donors (Lipinski definition) is 2. The summed E-state index contributed by atoms with van der Waals surface area (Å²) in [5.41, 5.74) is 7.19. The molecule has 0 saturated carbocycles. The second kappa shape index (κ2) is 16.1. The van der Waals surface area contributed by atoms with Crippen LogP contribution in [0.4, 0.5) is 0 Å². The first-order valence-electron chi connectivity index (χ1n) is 19.8. The van der Waals surface area contributed by atoms with Crippen molar-refractivity contribution in [3.05, 3.63) is 108 Å². The highest BCUT2D eigenvalue weighted by molar-refractivity contribution is 5.84. The predicted molar refractivity (Wildman–Crippen MR) is 212 cm³/mol. The normalized spacial score (nSPS) is 19.8. The summed E-state index contributed by atoms with van der Waals surface area (Å²) in [5.74, 6) is 2.07. The third-order valence-electron chi connectivity index (χ3n) is 11.6. The van der Waals surface area contributed by atoms with Crippen LogP contribution >= 0.6 is 0 Å². The van der Waals surface area contributed by atoms with Gasteiger partial charge in [-0.15, -0.1) is 0 Å². The van der Waals surface area contributed by atoms with E-state index in [-0.39, 0.29) is 29.9 Å². The third kappa shape index (κ3) is 7.63. The third-order valence-corrected chi connectivity index (χ3v) is 11.6. The maximum Gasteiger partial charge on any atom is 0.245 e. The minimum atomic E-state index is -0.335. The van der Waals surface area contributed by atoms with Gasteiger partial charge in [-0.05, 0) is 88.0 Å². The van der Waals surface area contributed by atoms with Crippen molar-refractivity contribution in [1.82, 2.24) is 39.5 Å². The van der Waals surface area contributed by atoms with Crippen molar-refractivity contribution in [1.29, 1.82) is 0 Å². The molecule has 0 unspecified atom stereocenters. The average molecular weight is 725 g/mol. The zero-order valence-electron chi connectivity index (χ0n) is 31.6. The molecule has 3 saturated heterocycles. The lowest BCUT2D eigenvalue weighted by Gasteiger charge is -2.31. The Kier molecular flexibility index (Phi) is 10.7. The smallest absolute Gasteiger partial charge is 0.245 e. The van der Waals surface area contributed by atoms with E-state index < -0.39 is 0 Å². The first kappa shape index (κ1) is 35.9. The largest absolute Gasteiger partial charge is 0.346 e. The standard InChI is InChI=1S/C44H52N8O2/c1-49(2)41(35-11-5-3-6-12-35)44(54)52-27-10-14-39(52)43-46-30-37(48-43)34-21-17-32(18-22-34)31-15-19-33(20-16-31)36-29-45-42(47-36)38-13-9-26-51(38)40(53)23-28-50-24-7-4-8-25-50/h3,5-6,11-12,15-22,29-30,38-39,41H,4,7-10,13-14,23-28H2,1-2H3,(H,45,47)(H,46,48)/t38-,39-,41+/m0/s1. The molecule has 2 N–H and O–H groups in total. The van der Waals surface area contributed by atoms with Gasteiger partial charge in [0.25, 0.3) is 0 Å². The van der Waals surface area contributed by atoms with Gasteiger partial charge in [-0.25, -0.2) is 9.97 Å². The molecule has 3 atom stereocenters. The number of nitrogens with zero attached hydrogens (tertiary/aromatic N) is 6. The van der Waals surface area contributed by atoms with Crippen molar-refractivity contribution in [2.24, 2.45) is 0 Å². The first-order chi connectivity index (χ1) is 26.4. The van der Waals surface area contributed by atoms with Crippen molar-refractivity contribution < 1.29 is 9.59 Å². The van der Waals surface area contributed by atoms with Crippen molar-refractivity contribution in [2.45, 2.75) is 69.5 Å². The lowest BCUT2D eigenvalue weighted by Crippen LogP contribution is -2.40. The Labute approximate surface area is 318 Å². The predicted octanol–water partition coefficient (Wildman–Crippen LogP) is 7.64. The number of carbonyl (C=O) groups is 2. The Morgan fingerprint density at radius 3 is 2.06 bits per heavy atom. The Hall–Kier alpha value is -5.06. The van der Waals surface area contributed by atoms with Gasteiger partial charge in [-0.2, -0.15) is 0 Å². The first-order valence-corrected chi connectivity index (χ1v) is 19.8. The van der Waals surface area contributed by atoms with Gasteiger partial charge in [-0.3, -0.25) is 14.5 Å². The lowest BCUT2D eigenvalue weighted by atomic mass is 10.0. The van der Waals surface area contributed by atoms with E-state index in [4.69, 9.17) is 9.97 Å². The molecule has 8 rings (SSSR count). The van der Waals surface area contributed by atoms with E-state index in [9.17, 15) is 9.59 Å². The van der Waals surface area contributed by atoms with Gasteiger partial charge in [0.1, 0.15) is 17.7 Å². The van der Waals surface area contributed by atoms with Crippen molar-refractivity contribution >= 4 is 11.8 Å². The van der Waals surface area contributed by atoms with Gasteiger partial charge in [0, 0.05) is 37.8 Å². The molecule has 3 aliphatic rings. The van der Waals surface area contributed by atoms with Gasteiger partial charge in [0.15, 0.2) is 0 Å². The molecule has 5 heterocycles. The van der Waals surface area contributed by atoms with Crippen molar-refractivity contribution in [3.8, 4) is 33.6 Å². The highest BCUT2D eigenvalue weighted by atomic mass is 16.2. The molecule has 5 aromatic rings. The van der Waals surface area contributed by atoms with Crippen molar-refractivity contribution in [2.75, 3.05) is 46.8 Å². The van der Waals surface area contributed by atoms with Crippen LogP contribution in [-0.2, 0) is 9.59 Å². The molecular formula is C44H52N8O2. The molecular weight excluding hydrogens is 673 g/mol. The van der Waals surface area contributed by atoms with Crippen LogP contribution in [0.15, 0.2) is 91.3 Å². The summed E-state index contributed by atoms with van der Waals surface area (Å²) >= 11 is 0. The van der Waals surface area contributed by atoms with Crippen LogP contribution in [0.3, 0.4) is 0 Å². The summed E-state index contributed by atoms with van der Waals surface area (Å²) in [7, 11) is 3.93. The van der Waals surface area contributed by atoms with Gasteiger partial charge < -0.3 is 24.7 Å². The number of piperidine rings is 1. The molecule has 3 aliphatic heterocycles. The molecule has 280 valence electrons. The molecule has 10 heteroatoms. The van der Waals surface area contributed by atoms with Crippen LogP contribution in [0.1, 0.15) is 86.7 Å². The Balaban J connectivity index is 0.900. The number of rotatable bonds is 11. The SMILES string of the molecule is CN(C)[C@@H](C(=O)N1CCC[C@H]1c1nc(-c2ccc(-c3ccc(-c4cnc([C@@H]5CCCN5C(=O)CCN5CCCCC5)[nH]4)cc3)cc2)c[nH]1)c1ccccc1. The summed E-state index contributed by atoms with van der Waals surface area (Å²) in [4.78, 5) is 52.3. The minimum Gasteiger partial charge on any atom is -0.346 e. The van der Waals surface area contributed by atoms with Gasteiger partial charge in [0.2, 0.25) is 11.8 Å². The molecule has 3 aromatic carbocycles. The topological polar surface area (TPSA) is 104 Å². The summed E-state index contributed by atoms with van der Waals surface area (Å²) < 4.78 is 0. The number of H-pyrrole nitrogens is 2. The summed E-state index contributed by atoms with van der Waals surface area (Å²) in [6.07, 6.45) is 12.0. The fourth-order valence-corrected chi connectivity index (χ4v) is 8.68. The fourth-order valence-electron chi connectivity index (χ4n) is 8.68. The number of imidazole rings is 2. The van der Waals surface area contributed by atoms with E-state index in [2.05, 4.69) is 63.4 Å². The summed E-state index contributed by atoms with van der Waals surface area (Å²) in [6.45, 7) is 4.63. The van der Waals surface area contributed by atoms with Crippen LogP contribution in [0, 0.1) is 0 Å². The van der Waals surface area contributed by atoms with Crippen LogP contribution in [0.2, 0.25) is 0 Å². The summed E-state index contributed by atoms with van der Waals surface area (Å²) in [6, 6.07) is 26.7. The fraction of sp³-hybridized carbons (Fsp3) is 0.409. The molecule has 0 aliphatic carbocycles. The second-order valence-electron chi connectivity index (χ2n) is 15.4. The highest BCUT2D eigenvalue weighted by Crippen LogP contribution is 2.36. The number of likely N-dealkylation sites (tertiary alicyclic amines) is 3. The van der Waals surface area contributed by atoms with Crippen molar-refractivity contribution in [3.63, 3.8) is 0 Å². The lowest BCUT2D eigenvalue weighted by molar-refractivity contribution is -0.137. The number of aromatic nitrogens is 4. The number of carbonyl (C=O) groups excluding carboxylic acids is 2. The number of nitrogens with one attached hydrogen (secondary N) is 2. The number of likely N-dealkylation sites (N-methyl/N-ethyl adjacent to an activating group) is 1. The zero-order valence-corrected chi connectivity index (χ0v) is 31.6. The van der Waals surface area contributed by atoms with Gasteiger partial charge in [-0.1, -0.05) is 85.3 Å². The summed E-state index contributed by atoms with van der Waals surface area (Å²) in [5, 5.41) is 0. The van der Waals surface area contributed by atoms with Crippen LogP contribution in [-0.4, -0.2) is 98.2 Å². The Morgan fingerprint density at radius 1 is 0.741 bits per heavy atom. The number of benzene rings is 3. The zero-order chi connectivity index (χ0) is 37.0. The Bertz CT molecular complexity index is 2010. The second-order valence-corrected chi connectivity index (χ2v) is 15.4. The van der Waals surface area contributed by atoms with E-state index in [1.54, 1.807) is 0 Å². The molecule has 0 spiro atoms. The monoisotopic (exact) mass is 724 g/mol. The van der Waals surface area contributed by atoms with E-state index >= 15 is 0 Å². The minimum absolute atomic E-state index is 0.0191. The van der Waals surface area contributed by atoms with Gasteiger partial charge >= 0.3 is 0 Å². The highest BCUT2D eigenvalue weighted by Gasteiger charge is 2.37. The number of hydrogen-bond acceptors (Lipinski definition) is 6. The van der Waals surface area contributed by atoms with Crippen LogP contribution in [0.5, 0.6) is 0 Å². The van der Waals surface area contributed by atoms with E-state index in [0.29, 0.717) is 6.42 Å². The quantitative estimate of drug-likeness (QED) is 0.145. The van der Waals surface area contributed by atoms with Gasteiger partial charge in [0.05, 0.1) is 29.7 Å². The Morgan fingerprint density at radius 2 is 1.37 bits per heavy atom. The number of amides is 2. The number of aromatic amines is 2. The average Bonchev–Trinajstić information content (AvgIpc) is 4.05. The molecule has 0 radical (unpaired) electrons. The van der Waals surface area contributed by atoms with Crippen LogP contribution < -0.4 is 0 Å². The molecule has 0 bridgehead atoms.